The molecule has 4 heteroatoms. The highest BCUT2D eigenvalue weighted by Gasteiger charge is 2.19. The molecule has 2 N–H and O–H groups in total. The first-order valence-electron chi connectivity index (χ1n) is 6.80. The van der Waals surface area contributed by atoms with Crippen molar-refractivity contribution in [2.24, 2.45) is 15.7 Å². The fraction of sp³-hybridized carbons (Fsp3) is 0.176. The molecule has 0 aromatic heterocycles. The van der Waals surface area contributed by atoms with E-state index < -0.39 is 0 Å². The first-order valence-corrected chi connectivity index (χ1v) is 7.18. The molecule has 1 aliphatic rings. The van der Waals surface area contributed by atoms with Crippen LogP contribution in [-0.4, -0.2) is 18.1 Å². The summed E-state index contributed by atoms with van der Waals surface area (Å²) in [5.41, 5.74) is 11.9. The minimum Gasteiger partial charge on any atom is -0.386 e. The first-order chi connectivity index (χ1) is 10.1. The van der Waals surface area contributed by atoms with Crippen LogP contribution >= 0.6 is 11.6 Å². The number of aryl methyl sites for hydroxylation is 2. The Hall–Kier alpha value is -2.13. The van der Waals surface area contributed by atoms with Gasteiger partial charge < -0.3 is 5.73 Å². The van der Waals surface area contributed by atoms with Crippen LogP contribution in [0.3, 0.4) is 0 Å². The number of halogens is 1. The molecule has 0 aliphatic carbocycles. The molecule has 0 radical (unpaired) electrons. The maximum absolute atomic E-state index is 6.35. The highest BCUT2D eigenvalue weighted by molar-refractivity contribution is 6.36. The number of nitrogens with two attached hydrogens (primary N) is 1. The molecular formula is C17H16ClN3. The summed E-state index contributed by atoms with van der Waals surface area (Å²) in [6, 6.07) is 11.9. The maximum Gasteiger partial charge on any atom is 0.121 e. The number of amidine groups is 1. The van der Waals surface area contributed by atoms with Gasteiger partial charge in [0.2, 0.25) is 0 Å². The summed E-state index contributed by atoms with van der Waals surface area (Å²) in [6.07, 6.45) is 0. The molecule has 0 fully saturated rings. The van der Waals surface area contributed by atoms with Crippen molar-refractivity contribution in [1.82, 2.24) is 0 Å². The summed E-state index contributed by atoms with van der Waals surface area (Å²) in [5, 5.41) is 0.683. The van der Waals surface area contributed by atoms with Gasteiger partial charge in [0.1, 0.15) is 5.84 Å². The van der Waals surface area contributed by atoms with Crippen molar-refractivity contribution in [3.8, 4) is 0 Å². The number of benzene rings is 2. The van der Waals surface area contributed by atoms with E-state index in [2.05, 4.69) is 29.9 Å². The predicted octanol–water partition coefficient (Wildman–Crippen LogP) is 3.80. The summed E-state index contributed by atoms with van der Waals surface area (Å²) >= 11 is 6.35. The number of aliphatic imine (C=N–C) groups is 2. The Labute approximate surface area is 129 Å². The van der Waals surface area contributed by atoms with Crippen LogP contribution in [0.2, 0.25) is 5.02 Å². The van der Waals surface area contributed by atoms with Gasteiger partial charge in [0, 0.05) is 16.1 Å². The second-order valence-electron chi connectivity index (χ2n) is 5.22. The smallest absolute Gasteiger partial charge is 0.121 e. The Morgan fingerprint density at radius 1 is 1.14 bits per heavy atom. The van der Waals surface area contributed by atoms with Gasteiger partial charge in [0.25, 0.3) is 0 Å². The van der Waals surface area contributed by atoms with Crippen molar-refractivity contribution in [3.05, 3.63) is 63.7 Å². The third-order valence-electron chi connectivity index (χ3n) is 3.49. The lowest BCUT2D eigenvalue weighted by Gasteiger charge is -2.13. The molecular weight excluding hydrogens is 282 g/mol. The number of hydrogen-bond acceptors (Lipinski definition) is 3. The van der Waals surface area contributed by atoms with Gasteiger partial charge in [-0.15, -0.1) is 0 Å². The molecule has 1 heterocycles. The van der Waals surface area contributed by atoms with Crippen LogP contribution in [0.5, 0.6) is 0 Å². The number of hydrogen-bond donors (Lipinski definition) is 1. The molecule has 0 atom stereocenters. The van der Waals surface area contributed by atoms with E-state index in [4.69, 9.17) is 17.3 Å². The van der Waals surface area contributed by atoms with Crippen LogP contribution in [0.25, 0.3) is 0 Å². The second-order valence-corrected chi connectivity index (χ2v) is 5.63. The number of fused-ring (bicyclic) bond motifs is 1. The predicted molar refractivity (Wildman–Crippen MR) is 89.2 cm³/mol. The Balaban J connectivity index is 2.29. The molecule has 106 valence electrons. The summed E-state index contributed by atoms with van der Waals surface area (Å²) in [5.74, 6) is 0.517. The minimum atomic E-state index is 0.383. The summed E-state index contributed by atoms with van der Waals surface area (Å²) in [6.45, 7) is 4.50. The van der Waals surface area contributed by atoms with Gasteiger partial charge in [-0.25, -0.2) is 4.99 Å². The highest BCUT2D eigenvalue weighted by atomic mass is 35.5. The molecule has 0 unspecified atom stereocenters. The monoisotopic (exact) mass is 297 g/mol. The number of rotatable bonds is 1. The molecule has 0 amide bonds. The lowest BCUT2D eigenvalue weighted by Crippen LogP contribution is -2.15. The average Bonchev–Trinajstić information content (AvgIpc) is 2.58. The highest BCUT2D eigenvalue weighted by Crippen LogP contribution is 2.31. The summed E-state index contributed by atoms with van der Waals surface area (Å²) in [7, 11) is 0. The molecule has 1 aliphatic heterocycles. The lowest BCUT2D eigenvalue weighted by molar-refractivity contribution is 1.26. The maximum atomic E-state index is 6.35. The average molecular weight is 298 g/mol. The van der Waals surface area contributed by atoms with Gasteiger partial charge in [0.05, 0.1) is 17.9 Å². The first kappa shape index (κ1) is 13.8. The largest absolute Gasteiger partial charge is 0.386 e. The Morgan fingerprint density at radius 2 is 1.90 bits per heavy atom. The quantitative estimate of drug-likeness (QED) is 0.855. The summed E-state index contributed by atoms with van der Waals surface area (Å²) < 4.78 is 0. The third-order valence-corrected chi connectivity index (χ3v) is 3.82. The van der Waals surface area contributed by atoms with Crippen molar-refractivity contribution < 1.29 is 0 Å². The van der Waals surface area contributed by atoms with Crippen molar-refractivity contribution in [2.75, 3.05) is 6.54 Å². The Kier molecular flexibility index (Phi) is 3.52. The fourth-order valence-corrected chi connectivity index (χ4v) is 2.87. The van der Waals surface area contributed by atoms with Gasteiger partial charge in [-0.2, -0.15) is 0 Å². The third kappa shape index (κ3) is 2.57. The molecule has 0 bridgehead atoms. The van der Waals surface area contributed by atoms with E-state index in [-0.39, 0.29) is 0 Å². The van der Waals surface area contributed by atoms with Crippen LogP contribution in [0, 0.1) is 13.8 Å². The molecule has 0 spiro atoms. The van der Waals surface area contributed by atoms with Gasteiger partial charge in [-0.05, 0) is 37.1 Å². The Bertz CT molecular complexity index is 776. The van der Waals surface area contributed by atoms with E-state index in [1.807, 2.05) is 30.3 Å². The van der Waals surface area contributed by atoms with E-state index in [9.17, 15) is 0 Å². The molecule has 3 nitrogen and oxygen atoms in total. The van der Waals surface area contributed by atoms with Crippen LogP contribution in [-0.2, 0) is 0 Å². The zero-order valence-electron chi connectivity index (χ0n) is 12.0. The van der Waals surface area contributed by atoms with Crippen LogP contribution in [0.15, 0.2) is 46.4 Å². The molecule has 2 aromatic carbocycles. The zero-order chi connectivity index (χ0) is 15.0. The van der Waals surface area contributed by atoms with E-state index in [1.165, 1.54) is 0 Å². The lowest BCUT2D eigenvalue weighted by atomic mass is 9.95. The van der Waals surface area contributed by atoms with Gasteiger partial charge >= 0.3 is 0 Å². The molecule has 0 saturated heterocycles. The standard InChI is InChI=1S/C17H16ClN3/c1-10-7-11(2)16-14(8-10)21-15(19)9-20-17(16)12-5-3-4-6-13(12)18/h3-8H,9H2,1-2H3,(H2,19,21). The SMILES string of the molecule is Cc1cc(C)c2c(c1)N=C(N)CN=C2c1ccccc1Cl. The molecule has 2 aromatic rings. The fourth-order valence-electron chi connectivity index (χ4n) is 2.64. The minimum absolute atomic E-state index is 0.383. The van der Waals surface area contributed by atoms with Crippen molar-refractivity contribution >= 4 is 28.8 Å². The molecule has 21 heavy (non-hydrogen) atoms. The van der Waals surface area contributed by atoms with Gasteiger partial charge in [-0.3, -0.25) is 4.99 Å². The van der Waals surface area contributed by atoms with E-state index in [0.717, 1.165) is 33.7 Å². The van der Waals surface area contributed by atoms with Crippen LogP contribution in [0.4, 0.5) is 5.69 Å². The number of nitrogens with zero attached hydrogens (tertiary/aromatic N) is 2. The van der Waals surface area contributed by atoms with Crippen molar-refractivity contribution in [2.45, 2.75) is 13.8 Å². The second kappa shape index (κ2) is 5.34. The van der Waals surface area contributed by atoms with E-state index >= 15 is 0 Å². The van der Waals surface area contributed by atoms with Crippen LogP contribution in [0.1, 0.15) is 22.3 Å². The van der Waals surface area contributed by atoms with E-state index in [1.54, 1.807) is 0 Å². The Morgan fingerprint density at radius 3 is 2.67 bits per heavy atom. The topological polar surface area (TPSA) is 50.7 Å². The summed E-state index contributed by atoms with van der Waals surface area (Å²) in [4.78, 5) is 9.15. The van der Waals surface area contributed by atoms with Crippen LogP contribution < -0.4 is 5.73 Å². The molecule has 0 saturated carbocycles. The van der Waals surface area contributed by atoms with Crippen molar-refractivity contribution in [3.63, 3.8) is 0 Å². The van der Waals surface area contributed by atoms with Gasteiger partial charge in [-0.1, -0.05) is 35.9 Å². The zero-order valence-corrected chi connectivity index (χ0v) is 12.8. The molecule has 3 rings (SSSR count). The normalized spacial score (nSPS) is 14.0. The van der Waals surface area contributed by atoms with Crippen molar-refractivity contribution in [1.29, 1.82) is 0 Å². The van der Waals surface area contributed by atoms with Gasteiger partial charge in [0.15, 0.2) is 0 Å². The van der Waals surface area contributed by atoms with E-state index in [0.29, 0.717) is 17.4 Å².